The minimum atomic E-state index is 0.999. The fourth-order valence-corrected chi connectivity index (χ4v) is 2.68. The molecular weight excluding hydrogens is 208 g/mol. The first-order valence-corrected chi connectivity index (χ1v) is 5.72. The Kier molecular flexibility index (Phi) is 1.52. The minimum Gasteiger partial charge on any atom is -0.155 e. The SMILES string of the molecule is Cc1nnc2c3c(cccc13)-c1ccccc1-2. The van der Waals surface area contributed by atoms with Crippen molar-refractivity contribution in [1.29, 1.82) is 0 Å². The standard InChI is InChI=1S/C15H10N2/c1-9-10-7-4-8-12-11-5-2-3-6-13(11)15(14(10)12)17-16-9/h2-8H,1H3. The van der Waals surface area contributed by atoms with E-state index in [2.05, 4.69) is 52.7 Å². The van der Waals surface area contributed by atoms with Gasteiger partial charge < -0.3 is 0 Å². The highest BCUT2D eigenvalue weighted by Gasteiger charge is 2.22. The molecule has 0 atom stereocenters. The summed E-state index contributed by atoms with van der Waals surface area (Å²) in [5, 5.41) is 11.1. The van der Waals surface area contributed by atoms with Crippen LogP contribution in [-0.2, 0) is 0 Å². The highest BCUT2D eigenvalue weighted by atomic mass is 15.1. The van der Waals surface area contributed by atoms with E-state index in [0.717, 1.165) is 11.4 Å². The van der Waals surface area contributed by atoms with E-state index in [1.54, 1.807) is 0 Å². The number of hydrogen-bond acceptors (Lipinski definition) is 2. The summed E-state index contributed by atoms with van der Waals surface area (Å²) in [6.07, 6.45) is 0. The number of benzene rings is 2. The molecule has 0 saturated heterocycles. The van der Waals surface area contributed by atoms with E-state index >= 15 is 0 Å². The summed E-state index contributed by atoms with van der Waals surface area (Å²) in [7, 11) is 0. The van der Waals surface area contributed by atoms with Crippen LogP contribution in [0.4, 0.5) is 0 Å². The first-order chi connectivity index (χ1) is 8.36. The Morgan fingerprint density at radius 2 is 1.53 bits per heavy atom. The number of aryl methyl sites for hydroxylation is 1. The number of nitrogens with zero attached hydrogens (tertiary/aromatic N) is 2. The van der Waals surface area contributed by atoms with Crippen molar-refractivity contribution in [2.24, 2.45) is 0 Å². The Labute approximate surface area is 98.9 Å². The maximum atomic E-state index is 4.37. The molecule has 0 bridgehead atoms. The topological polar surface area (TPSA) is 25.8 Å². The summed E-state index contributed by atoms with van der Waals surface area (Å²) in [4.78, 5) is 0. The third-order valence-electron chi connectivity index (χ3n) is 3.46. The summed E-state index contributed by atoms with van der Waals surface area (Å²) in [5.74, 6) is 0. The largest absolute Gasteiger partial charge is 0.155 e. The van der Waals surface area contributed by atoms with E-state index in [4.69, 9.17) is 0 Å². The lowest BCUT2D eigenvalue weighted by Crippen LogP contribution is -1.90. The maximum absolute atomic E-state index is 4.37. The first-order valence-electron chi connectivity index (χ1n) is 5.72. The second-order valence-electron chi connectivity index (χ2n) is 4.41. The van der Waals surface area contributed by atoms with Crippen LogP contribution in [0.3, 0.4) is 0 Å². The Hall–Kier alpha value is -2.22. The van der Waals surface area contributed by atoms with Crippen LogP contribution in [0, 0.1) is 6.92 Å². The van der Waals surface area contributed by atoms with Crippen molar-refractivity contribution in [3.8, 4) is 22.4 Å². The van der Waals surface area contributed by atoms with Crippen molar-refractivity contribution in [3.63, 3.8) is 0 Å². The van der Waals surface area contributed by atoms with Crippen molar-refractivity contribution in [3.05, 3.63) is 48.2 Å². The van der Waals surface area contributed by atoms with E-state index in [1.807, 2.05) is 6.92 Å². The van der Waals surface area contributed by atoms with Gasteiger partial charge in [0.05, 0.1) is 5.69 Å². The van der Waals surface area contributed by atoms with Gasteiger partial charge in [0.15, 0.2) is 0 Å². The zero-order chi connectivity index (χ0) is 11.4. The van der Waals surface area contributed by atoms with Crippen LogP contribution in [0.5, 0.6) is 0 Å². The van der Waals surface area contributed by atoms with Gasteiger partial charge in [-0.15, -0.1) is 5.10 Å². The molecule has 0 fully saturated rings. The van der Waals surface area contributed by atoms with Gasteiger partial charge in [-0.3, -0.25) is 0 Å². The Morgan fingerprint density at radius 3 is 2.41 bits per heavy atom. The lowest BCUT2D eigenvalue weighted by Gasteiger charge is -2.02. The van der Waals surface area contributed by atoms with Crippen LogP contribution in [0.25, 0.3) is 33.2 Å². The van der Waals surface area contributed by atoms with Crippen molar-refractivity contribution < 1.29 is 0 Å². The van der Waals surface area contributed by atoms with Crippen LogP contribution in [0.15, 0.2) is 42.5 Å². The molecule has 3 aromatic rings. The molecule has 0 radical (unpaired) electrons. The number of fused-ring (bicyclic) bond motifs is 3. The van der Waals surface area contributed by atoms with Gasteiger partial charge >= 0.3 is 0 Å². The van der Waals surface area contributed by atoms with Gasteiger partial charge in [-0.25, -0.2) is 0 Å². The monoisotopic (exact) mass is 218 g/mol. The van der Waals surface area contributed by atoms with Gasteiger partial charge in [0.25, 0.3) is 0 Å². The number of hydrogen-bond donors (Lipinski definition) is 0. The summed E-state index contributed by atoms with van der Waals surface area (Å²) in [6, 6.07) is 14.8. The predicted octanol–water partition coefficient (Wildman–Crippen LogP) is 3.59. The molecule has 0 unspecified atom stereocenters. The van der Waals surface area contributed by atoms with Crippen molar-refractivity contribution in [2.45, 2.75) is 6.92 Å². The third-order valence-corrected chi connectivity index (χ3v) is 3.46. The average Bonchev–Trinajstić information content (AvgIpc) is 2.70. The van der Waals surface area contributed by atoms with E-state index in [9.17, 15) is 0 Å². The van der Waals surface area contributed by atoms with Gasteiger partial charge in [-0.2, -0.15) is 5.10 Å². The van der Waals surface area contributed by atoms with Gasteiger partial charge in [0.2, 0.25) is 0 Å². The molecule has 2 aromatic carbocycles. The van der Waals surface area contributed by atoms with E-state index < -0.39 is 0 Å². The second-order valence-corrected chi connectivity index (χ2v) is 4.41. The number of rotatable bonds is 0. The molecular formula is C15H10N2. The zero-order valence-electron chi connectivity index (χ0n) is 9.44. The highest BCUT2D eigenvalue weighted by Crippen LogP contribution is 2.45. The van der Waals surface area contributed by atoms with E-state index in [-0.39, 0.29) is 0 Å². The van der Waals surface area contributed by atoms with Crippen LogP contribution < -0.4 is 0 Å². The lowest BCUT2D eigenvalue weighted by atomic mass is 10.0. The van der Waals surface area contributed by atoms with Crippen LogP contribution in [0.1, 0.15) is 5.69 Å². The lowest BCUT2D eigenvalue weighted by molar-refractivity contribution is 1.01. The van der Waals surface area contributed by atoms with Crippen molar-refractivity contribution >= 4 is 10.8 Å². The second kappa shape index (κ2) is 2.92. The molecule has 1 aliphatic rings. The Morgan fingerprint density at radius 1 is 0.765 bits per heavy atom. The molecule has 80 valence electrons. The van der Waals surface area contributed by atoms with Crippen LogP contribution >= 0.6 is 0 Å². The molecule has 0 amide bonds. The van der Waals surface area contributed by atoms with Gasteiger partial charge in [-0.05, 0) is 18.1 Å². The molecule has 1 heterocycles. The van der Waals surface area contributed by atoms with E-state index in [0.29, 0.717) is 0 Å². The minimum absolute atomic E-state index is 0.999. The summed E-state index contributed by atoms with van der Waals surface area (Å²) >= 11 is 0. The van der Waals surface area contributed by atoms with Crippen molar-refractivity contribution in [2.75, 3.05) is 0 Å². The van der Waals surface area contributed by atoms with Crippen LogP contribution in [-0.4, -0.2) is 10.2 Å². The molecule has 0 saturated carbocycles. The summed E-state index contributed by atoms with van der Waals surface area (Å²) in [5.41, 5.74) is 5.78. The zero-order valence-corrected chi connectivity index (χ0v) is 9.44. The fraction of sp³-hybridized carbons (Fsp3) is 0.0667. The molecule has 2 nitrogen and oxygen atoms in total. The van der Waals surface area contributed by atoms with Crippen molar-refractivity contribution in [1.82, 2.24) is 10.2 Å². The average molecular weight is 218 g/mol. The normalized spacial score (nSPS) is 11.8. The smallest absolute Gasteiger partial charge is 0.102 e. The maximum Gasteiger partial charge on any atom is 0.102 e. The molecule has 0 aliphatic heterocycles. The summed E-state index contributed by atoms with van der Waals surface area (Å²) in [6.45, 7) is 2.01. The Bertz CT molecular complexity index is 731. The molecule has 0 spiro atoms. The molecule has 2 heteroatoms. The quantitative estimate of drug-likeness (QED) is 0.451. The predicted molar refractivity (Wildman–Crippen MR) is 68.7 cm³/mol. The molecule has 17 heavy (non-hydrogen) atoms. The molecule has 1 aromatic heterocycles. The van der Waals surface area contributed by atoms with E-state index in [1.165, 1.54) is 27.5 Å². The Balaban J connectivity index is 2.30. The number of aromatic nitrogens is 2. The molecule has 4 rings (SSSR count). The van der Waals surface area contributed by atoms with Gasteiger partial charge in [0, 0.05) is 16.3 Å². The first kappa shape index (κ1) is 8.88. The third kappa shape index (κ3) is 0.998. The fourth-order valence-electron chi connectivity index (χ4n) is 2.68. The van der Waals surface area contributed by atoms with Gasteiger partial charge in [-0.1, -0.05) is 42.5 Å². The van der Waals surface area contributed by atoms with Crippen LogP contribution in [0.2, 0.25) is 0 Å². The summed E-state index contributed by atoms with van der Waals surface area (Å²) < 4.78 is 0. The molecule has 0 N–H and O–H groups in total. The molecule has 1 aliphatic carbocycles. The van der Waals surface area contributed by atoms with Gasteiger partial charge in [0.1, 0.15) is 5.69 Å². The highest BCUT2D eigenvalue weighted by molar-refractivity contribution is 6.14.